The maximum absolute atomic E-state index is 11.7. The fraction of sp³-hybridized carbons (Fsp3) is 0.571. The maximum Gasteiger partial charge on any atom is 0.339 e. The number of aryl methyl sites for hydroxylation is 1. The molecule has 1 saturated carbocycles. The molecule has 1 spiro atoms. The van der Waals surface area contributed by atoms with Crippen LogP contribution in [0, 0.1) is 12.8 Å². The van der Waals surface area contributed by atoms with Crippen molar-refractivity contribution in [3.8, 4) is 11.5 Å². The number of hydrogen-bond donors (Lipinski definition) is 1. The van der Waals surface area contributed by atoms with E-state index in [0.29, 0.717) is 22.3 Å². The molecular weight excluding hydrogens is 395 g/mol. The Labute approximate surface area is 173 Å². The van der Waals surface area contributed by atoms with Gasteiger partial charge in [0.15, 0.2) is 0 Å². The summed E-state index contributed by atoms with van der Waals surface area (Å²) >= 11 is 0. The summed E-state index contributed by atoms with van der Waals surface area (Å²) in [5.41, 5.74) is -0.0980. The van der Waals surface area contributed by atoms with Crippen LogP contribution in [-0.2, 0) is 14.0 Å². The molecule has 5 atom stereocenters. The van der Waals surface area contributed by atoms with Crippen LogP contribution in [0.5, 0.6) is 11.5 Å². The molecule has 0 bridgehead atoms. The highest BCUT2D eigenvalue weighted by atomic mass is 31.0. The summed E-state index contributed by atoms with van der Waals surface area (Å²) in [6, 6.07) is 4.47. The number of benzene rings is 1. The first kappa shape index (κ1) is 20.6. The fourth-order valence-electron chi connectivity index (χ4n) is 4.93. The second kappa shape index (κ2) is 7.88. The van der Waals surface area contributed by atoms with Gasteiger partial charge in [-0.15, -0.1) is 0 Å². The van der Waals surface area contributed by atoms with Gasteiger partial charge < -0.3 is 28.3 Å². The Bertz CT molecular complexity index is 956. The smallest absolute Gasteiger partial charge is 0.339 e. The molecule has 0 radical (unpaired) electrons. The van der Waals surface area contributed by atoms with Gasteiger partial charge in [-0.2, -0.15) is 0 Å². The monoisotopic (exact) mass is 426 g/mol. The number of fused-ring (bicyclic) bond motifs is 1. The van der Waals surface area contributed by atoms with Crippen molar-refractivity contribution < 1.29 is 29.7 Å². The van der Waals surface area contributed by atoms with Gasteiger partial charge in [0.25, 0.3) is 0 Å². The normalized spacial score (nSPS) is 28.8. The minimum Gasteiger partial charge on any atom is -0.507 e. The quantitative estimate of drug-likeness (QED) is 0.586. The van der Waals surface area contributed by atoms with E-state index in [1.807, 2.05) is 0 Å². The summed E-state index contributed by atoms with van der Waals surface area (Å²) in [6.45, 7) is 3.87. The van der Waals surface area contributed by atoms with E-state index in [2.05, 4.69) is 16.4 Å². The van der Waals surface area contributed by atoms with Crippen molar-refractivity contribution in [1.82, 2.24) is 0 Å². The van der Waals surface area contributed by atoms with Gasteiger partial charge in [0.2, 0.25) is 6.29 Å². The van der Waals surface area contributed by atoms with Crippen molar-refractivity contribution in [3.63, 3.8) is 0 Å². The lowest BCUT2D eigenvalue weighted by Gasteiger charge is -2.50. The molecular formula is C21H29O7P. The third-order valence-corrected chi connectivity index (χ3v) is 6.64. The molecule has 29 heavy (non-hydrogen) atoms. The Kier molecular flexibility index (Phi) is 5.60. The van der Waals surface area contributed by atoms with Crippen LogP contribution in [0.4, 0.5) is 0 Å². The third kappa shape index (κ3) is 3.44. The summed E-state index contributed by atoms with van der Waals surface area (Å²) in [5.74, 6) is 0.448. The van der Waals surface area contributed by atoms with Crippen molar-refractivity contribution in [3.05, 3.63) is 34.2 Å². The molecule has 1 aliphatic carbocycles. The maximum atomic E-state index is 11.7. The Balaban J connectivity index is 0.00000256. The third-order valence-electron chi connectivity index (χ3n) is 6.33. The molecule has 160 valence electrons. The lowest BCUT2D eigenvalue weighted by Crippen LogP contribution is -2.62. The molecule has 2 unspecified atom stereocenters. The Morgan fingerprint density at radius 3 is 2.69 bits per heavy atom. The molecule has 2 aromatic rings. The van der Waals surface area contributed by atoms with E-state index in [-0.39, 0.29) is 25.3 Å². The van der Waals surface area contributed by atoms with Gasteiger partial charge in [-0.1, -0.05) is 19.8 Å². The van der Waals surface area contributed by atoms with E-state index < -0.39 is 17.5 Å². The average Bonchev–Trinajstić information content (AvgIpc) is 3.13. The van der Waals surface area contributed by atoms with Crippen LogP contribution >= 0.6 is 9.47 Å². The van der Waals surface area contributed by atoms with E-state index in [1.54, 1.807) is 26.2 Å². The van der Waals surface area contributed by atoms with Crippen LogP contribution in [0.3, 0.4) is 0 Å². The van der Waals surface area contributed by atoms with Crippen molar-refractivity contribution in [1.29, 1.82) is 0 Å². The molecule has 7 nitrogen and oxygen atoms in total. The van der Waals surface area contributed by atoms with Gasteiger partial charge in [0, 0.05) is 29.5 Å². The first-order valence-electron chi connectivity index (χ1n) is 9.89. The molecule has 1 N–H and O–H groups in total. The second-order valence-electron chi connectivity index (χ2n) is 8.01. The van der Waals surface area contributed by atoms with Crippen LogP contribution in [0.15, 0.2) is 27.4 Å². The van der Waals surface area contributed by atoms with Crippen LogP contribution < -0.4 is 10.4 Å². The molecule has 2 fully saturated rings. The zero-order valence-electron chi connectivity index (χ0n) is 16.8. The second-order valence-corrected chi connectivity index (χ2v) is 8.28. The van der Waals surface area contributed by atoms with E-state index in [9.17, 15) is 9.90 Å². The average molecular weight is 426 g/mol. The highest BCUT2D eigenvalue weighted by Gasteiger charge is 2.55. The number of hydrogen-bond acceptors (Lipinski definition) is 7. The number of ether oxygens (including phenoxy) is 3. The van der Waals surface area contributed by atoms with Crippen molar-refractivity contribution >= 4 is 20.4 Å². The largest absolute Gasteiger partial charge is 0.507 e. The van der Waals surface area contributed by atoms with E-state index in [1.165, 1.54) is 0 Å². The van der Waals surface area contributed by atoms with Crippen LogP contribution in [0.25, 0.3) is 11.0 Å². The summed E-state index contributed by atoms with van der Waals surface area (Å²) in [6.07, 6.45) is 2.92. The highest BCUT2D eigenvalue weighted by Crippen LogP contribution is 2.47. The zero-order valence-corrected chi connectivity index (χ0v) is 18.0. The summed E-state index contributed by atoms with van der Waals surface area (Å²) in [5, 5.41) is 10.5. The molecule has 0 amide bonds. The first-order chi connectivity index (χ1) is 13.9. The zero-order chi connectivity index (χ0) is 20.8. The molecule has 1 aliphatic heterocycles. The van der Waals surface area contributed by atoms with Gasteiger partial charge in [-0.3, -0.25) is 0 Å². The molecule has 1 saturated heterocycles. The number of aromatic hydroxyl groups is 1. The SMILES string of the molecule is CO[C@@H]1[C@@H](C)C(OP)[C@H](Oc2ccc3c(O)cc(=O)oc3c2C)OC12CCCC2.[3HH]. The topological polar surface area (TPSA) is 87.4 Å². The molecule has 2 aliphatic rings. The van der Waals surface area contributed by atoms with Gasteiger partial charge in [0.05, 0.1) is 23.2 Å². The predicted molar refractivity (Wildman–Crippen MR) is 112 cm³/mol. The fourth-order valence-corrected chi connectivity index (χ4v) is 5.30. The standard InChI is InChI=1S/C21H27O7P.H2/c1-11-15(7-6-13-14(22)10-16(23)26-17(11)13)25-20-18(28-29)12(2)19(24-3)21(27-20)8-4-5-9-21;/h6-7,10,12,18-20,22H,4-5,8-9,29H2,1-3H3;1H/t12-,18?,19+,20+;/m0./s1/i;1+2. The first-order valence-corrected chi connectivity index (χ1v) is 10.4. The highest BCUT2D eigenvalue weighted by molar-refractivity contribution is 7.09. The predicted octanol–water partition coefficient (Wildman–Crippen LogP) is 3.93. The lowest BCUT2D eigenvalue weighted by atomic mass is 9.80. The minimum absolute atomic E-state index is 0. The molecule has 2 heterocycles. The number of rotatable bonds is 4. The van der Waals surface area contributed by atoms with Gasteiger partial charge in [0.1, 0.15) is 23.2 Å². The molecule has 1 aromatic carbocycles. The molecule has 4 rings (SSSR count). The Morgan fingerprint density at radius 1 is 1.31 bits per heavy atom. The van der Waals surface area contributed by atoms with Gasteiger partial charge >= 0.3 is 5.63 Å². The van der Waals surface area contributed by atoms with Crippen molar-refractivity contribution in [2.75, 3.05) is 7.11 Å². The summed E-state index contributed by atoms with van der Waals surface area (Å²) in [4.78, 5) is 11.7. The minimum atomic E-state index is -0.646. The van der Waals surface area contributed by atoms with Crippen LogP contribution in [0.1, 0.15) is 39.6 Å². The van der Waals surface area contributed by atoms with Crippen LogP contribution in [0.2, 0.25) is 0 Å². The number of methoxy groups -OCH3 is 1. The van der Waals surface area contributed by atoms with Gasteiger partial charge in [-0.25, -0.2) is 4.79 Å². The van der Waals surface area contributed by atoms with Gasteiger partial charge in [-0.05, 0) is 31.9 Å². The summed E-state index contributed by atoms with van der Waals surface area (Å²) in [7, 11) is 4.02. The van der Waals surface area contributed by atoms with Crippen LogP contribution in [-0.4, -0.2) is 36.3 Å². The van der Waals surface area contributed by atoms with Crippen molar-refractivity contribution in [2.24, 2.45) is 5.92 Å². The molecule has 1 aromatic heterocycles. The Morgan fingerprint density at radius 2 is 2.03 bits per heavy atom. The van der Waals surface area contributed by atoms with E-state index in [0.717, 1.165) is 31.7 Å². The lowest BCUT2D eigenvalue weighted by molar-refractivity contribution is -0.293. The molecule has 8 heteroatoms. The van der Waals surface area contributed by atoms with E-state index >= 15 is 0 Å². The van der Waals surface area contributed by atoms with Crippen molar-refractivity contribution in [2.45, 2.75) is 63.6 Å². The summed E-state index contributed by atoms with van der Waals surface area (Å²) < 4.78 is 29.6. The van der Waals surface area contributed by atoms with E-state index in [4.69, 9.17) is 23.2 Å². The Hall–Kier alpha value is -1.66.